The molecule has 1 spiro atoms. The summed E-state index contributed by atoms with van der Waals surface area (Å²) in [5.41, 5.74) is -8.70. The van der Waals surface area contributed by atoms with Crippen molar-refractivity contribution in [2.24, 2.45) is 34.5 Å². The van der Waals surface area contributed by atoms with Gasteiger partial charge in [-0.25, -0.2) is 9.59 Å². The summed E-state index contributed by atoms with van der Waals surface area (Å²) in [5.74, 6) is -5.13. The second kappa shape index (κ2) is 6.26. The molecular weight excluding hydrogens is 496 g/mol. The van der Waals surface area contributed by atoms with Gasteiger partial charge in [-0.1, -0.05) is 25.2 Å². The number of Topliss-reactive ketones (excluding diaryl/α,β-unsaturated/α-hetero) is 1. The number of hydrogen-bond donors (Lipinski definition) is 2. The SMILES string of the molecule is CC12C(=O)CC(O)C=C1C=CC1C2CCC2(O)C(=O)OC3(C)C4CC5(C)C(COC16C(=O)OC23C56)C(=O)O4. The maximum absolute atomic E-state index is 14.4. The van der Waals surface area contributed by atoms with Gasteiger partial charge in [0, 0.05) is 12.3 Å². The Kier molecular flexibility index (Phi) is 3.84. The lowest BCUT2D eigenvalue weighted by atomic mass is 9.39. The topological polar surface area (TPSA) is 146 Å². The van der Waals surface area contributed by atoms with Crippen molar-refractivity contribution >= 4 is 23.7 Å². The average Bonchev–Trinajstić information content (AvgIpc) is 3.22. The molecule has 12 atom stereocenters. The van der Waals surface area contributed by atoms with Crippen LogP contribution < -0.4 is 0 Å². The Morgan fingerprint density at radius 2 is 1.82 bits per heavy atom. The molecule has 2 saturated carbocycles. The minimum absolute atomic E-state index is 0.0690. The van der Waals surface area contributed by atoms with Crippen molar-refractivity contribution in [1.82, 2.24) is 0 Å². The van der Waals surface area contributed by atoms with E-state index in [9.17, 15) is 29.4 Å². The highest BCUT2D eigenvalue weighted by molar-refractivity contribution is 5.95. The van der Waals surface area contributed by atoms with Crippen molar-refractivity contribution in [3.8, 4) is 0 Å². The zero-order valence-corrected chi connectivity index (χ0v) is 21.4. The van der Waals surface area contributed by atoms with E-state index in [1.54, 1.807) is 19.1 Å². The van der Waals surface area contributed by atoms with E-state index in [0.29, 0.717) is 12.0 Å². The second-order valence-corrected chi connectivity index (χ2v) is 13.3. The lowest BCUT2D eigenvalue weighted by molar-refractivity contribution is -0.329. The lowest BCUT2D eigenvalue weighted by Crippen LogP contribution is -2.82. The van der Waals surface area contributed by atoms with Gasteiger partial charge in [-0.05, 0) is 50.0 Å². The van der Waals surface area contributed by atoms with Gasteiger partial charge in [0.1, 0.15) is 11.9 Å². The van der Waals surface area contributed by atoms with Gasteiger partial charge in [0.25, 0.3) is 0 Å². The summed E-state index contributed by atoms with van der Waals surface area (Å²) in [7, 11) is 0. The maximum atomic E-state index is 14.4. The molecule has 0 radical (unpaired) electrons. The standard InChI is InChI=1S/C28H30O10/c1-23-10-18-25(3)28-20(23)27(22(33)38-28,35-11-16(23)19(31)36-18)15-5-4-12-8-13(29)9-17(30)24(12,2)14(15)6-7-26(28,34)21(32)37-25/h4-5,8,13-16,18,20,29,34H,6-7,9-11H2,1-3H3. The summed E-state index contributed by atoms with van der Waals surface area (Å²) in [6.45, 7) is 5.21. The van der Waals surface area contributed by atoms with Crippen LogP contribution in [0.25, 0.3) is 0 Å². The minimum Gasteiger partial charge on any atom is -0.458 e. The molecule has 2 N–H and O–H groups in total. The number of allylic oxidation sites excluding steroid dienone is 2. The van der Waals surface area contributed by atoms with E-state index in [2.05, 4.69) is 0 Å². The number of carbonyl (C=O) groups is 4. The van der Waals surface area contributed by atoms with Gasteiger partial charge in [0.05, 0.1) is 30.0 Å². The Bertz CT molecular complexity index is 1330. The summed E-state index contributed by atoms with van der Waals surface area (Å²) in [5, 5.41) is 22.7. The Hall–Kier alpha value is -2.56. The Morgan fingerprint density at radius 3 is 2.58 bits per heavy atom. The molecule has 0 aromatic rings. The molecule has 10 heteroatoms. The van der Waals surface area contributed by atoms with Crippen molar-refractivity contribution < 1.29 is 48.3 Å². The molecule has 4 aliphatic carbocycles. The molecule has 4 aliphatic heterocycles. The smallest absolute Gasteiger partial charge is 0.343 e. The molecule has 4 bridgehead atoms. The molecule has 6 fully saturated rings. The van der Waals surface area contributed by atoms with Crippen molar-refractivity contribution in [2.75, 3.05) is 6.61 Å². The third-order valence-corrected chi connectivity index (χ3v) is 12.0. The van der Waals surface area contributed by atoms with Crippen molar-refractivity contribution in [1.29, 1.82) is 0 Å². The van der Waals surface area contributed by atoms with Gasteiger partial charge < -0.3 is 29.2 Å². The van der Waals surface area contributed by atoms with Gasteiger partial charge in [-0.15, -0.1) is 0 Å². The fourth-order valence-electron chi connectivity index (χ4n) is 10.3. The predicted molar refractivity (Wildman–Crippen MR) is 124 cm³/mol. The van der Waals surface area contributed by atoms with Crippen LogP contribution in [0.15, 0.2) is 23.8 Å². The van der Waals surface area contributed by atoms with E-state index in [-0.39, 0.29) is 31.7 Å². The highest BCUT2D eigenvalue weighted by atomic mass is 16.7. The molecule has 4 heterocycles. The van der Waals surface area contributed by atoms with Crippen LogP contribution in [0.4, 0.5) is 0 Å². The van der Waals surface area contributed by atoms with E-state index in [4.69, 9.17) is 18.9 Å². The number of esters is 3. The fourth-order valence-corrected chi connectivity index (χ4v) is 10.3. The Morgan fingerprint density at radius 1 is 1.05 bits per heavy atom. The molecule has 202 valence electrons. The molecule has 0 aromatic carbocycles. The van der Waals surface area contributed by atoms with E-state index in [1.165, 1.54) is 0 Å². The number of rotatable bonds is 0. The third kappa shape index (κ3) is 1.98. The highest BCUT2D eigenvalue weighted by Gasteiger charge is 2.95. The number of ether oxygens (including phenoxy) is 4. The first-order valence-corrected chi connectivity index (χ1v) is 13.5. The first-order chi connectivity index (χ1) is 17.8. The van der Waals surface area contributed by atoms with Crippen LogP contribution in [0, 0.1) is 34.5 Å². The number of carbonyl (C=O) groups excluding carboxylic acids is 4. The van der Waals surface area contributed by atoms with Crippen LogP contribution >= 0.6 is 0 Å². The number of ketones is 1. The van der Waals surface area contributed by atoms with Gasteiger partial charge in [0.2, 0.25) is 11.2 Å². The van der Waals surface area contributed by atoms with Gasteiger partial charge in [-0.2, -0.15) is 0 Å². The van der Waals surface area contributed by atoms with E-state index < -0.39 is 87.0 Å². The molecule has 0 aromatic heterocycles. The molecular formula is C28H30O10. The number of fused-ring (bicyclic) bond motifs is 5. The first-order valence-electron chi connectivity index (χ1n) is 13.5. The summed E-state index contributed by atoms with van der Waals surface area (Å²) < 4.78 is 24.5. The number of hydrogen-bond acceptors (Lipinski definition) is 10. The summed E-state index contributed by atoms with van der Waals surface area (Å²) in [4.78, 5) is 54.9. The van der Waals surface area contributed by atoms with Crippen molar-refractivity contribution in [2.45, 2.75) is 81.1 Å². The molecule has 38 heavy (non-hydrogen) atoms. The van der Waals surface area contributed by atoms with Gasteiger partial charge >= 0.3 is 17.9 Å². The first kappa shape index (κ1) is 23.3. The molecule has 10 nitrogen and oxygen atoms in total. The molecule has 0 amide bonds. The summed E-state index contributed by atoms with van der Waals surface area (Å²) in [6, 6.07) is 0. The van der Waals surface area contributed by atoms with Crippen LogP contribution in [-0.2, 0) is 38.1 Å². The third-order valence-electron chi connectivity index (χ3n) is 12.0. The Balaban J connectivity index is 1.45. The molecule has 8 aliphatic rings. The zero-order valence-electron chi connectivity index (χ0n) is 21.4. The highest BCUT2D eigenvalue weighted by Crippen LogP contribution is 2.76. The predicted octanol–water partition coefficient (Wildman–Crippen LogP) is 0.528. The Labute approximate surface area is 218 Å². The largest absolute Gasteiger partial charge is 0.458 e. The van der Waals surface area contributed by atoms with Crippen LogP contribution in [-0.4, -0.2) is 75.1 Å². The fraction of sp³-hybridized carbons (Fsp3) is 0.714. The van der Waals surface area contributed by atoms with Crippen LogP contribution in [0.1, 0.15) is 46.5 Å². The van der Waals surface area contributed by atoms with E-state index >= 15 is 0 Å². The maximum Gasteiger partial charge on any atom is 0.343 e. The molecule has 4 saturated heterocycles. The van der Waals surface area contributed by atoms with E-state index in [0.717, 1.165) is 0 Å². The van der Waals surface area contributed by atoms with Crippen LogP contribution in [0.3, 0.4) is 0 Å². The molecule has 8 rings (SSSR count). The quantitative estimate of drug-likeness (QED) is 0.339. The average molecular weight is 527 g/mol. The summed E-state index contributed by atoms with van der Waals surface area (Å²) >= 11 is 0. The van der Waals surface area contributed by atoms with Gasteiger partial charge in [0.15, 0.2) is 11.2 Å². The summed E-state index contributed by atoms with van der Waals surface area (Å²) in [6.07, 6.45) is 3.83. The number of aliphatic hydroxyl groups is 2. The van der Waals surface area contributed by atoms with Crippen molar-refractivity contribution in [3.05, 3.63) is 23.8 Å². The zero-order chi connectivity index (χ0) is 26.8. The molecule has 12 unspecified atom stereocenters. The van der Waals surface area contributed by atoms with Gasteiger partial charge in [-0.3, -0.25) is 9.59 Å². The normalized spacial score (nSPS) is 59.0. The van der Waals surface area contributed by atoms with E-state index in [1.807, 2.05) is 19.9 Å². The van der Waals surface area contributed by atoms with Crippen LogP contribution in [0.2, 0.25) is 0 Å². The lowest BCUT2D eigenvalue weighted by Gasteiger charge is -2.67. The van der Waals surface area contributed by atoms with Crippen LogP contribution in [0.5, 0.6) is 0 Å². The number of aliphatic hydroxyl groups excluding tert-OH is 1. The monoisotopic (exact) mass is 526 g/mol. The van der Waals surface area contributed by atoms with Crippen molar-refractivity contribution in [3.63, 3.8) is 0 Å². The minimum atomic E-state index is -2.23. The second-order valence-electron chi connectivity index (χ2n) is 13.3.